The highest BCUT2D eigenvalue weighted by molar-refractivity contribution is 6.31. The summed E-state index contributed by atoms with van der Waals surface area (Å²) in [7, 11) is 1.66. The number of benzene rings is 1. The number of pyridine rings is 2. The lowest BCUT2D eigenvalue weighted by atomic mass is 10.1. The zero-order chi connectivity index (χ0) is 25.2. The summed E-state index contributed by atoms with van der Waals surface area (Å²) in [5.41, 5.74) is 5.00. The first-order valence-electron chi connectivity index (χ1n) is 11.3. The van der Waals surface area contributed by atoms with Crippen molar-refractivity contribution in [1.82, 2.24) is 15.3 Å². The molecule has 0 aliphatic carbocycles. The molecule has 182 valence electrons. The van der Waals surface area contributed by atoms with Gasteiger partial charge in [-0.05, 0) is 55.3 Å². The van der Waals surface area contributed by atoms with E-state index in [1.165, 1.54) is 0 Å². The van der Waals surface area contributed by atoms with Gasteiger partial charge < -0.3 is 15.4 Å². The summed E-state index contributed by atoms with van der Waals surface area (Å²) < 4.78 is 5.03. The van der Waals surface area contributed by atoms with Crippen molar-refractivity contribution in [2.24, 2.45) is 4.99 Å². The molecule has 0 saturated heterocycles. The van der Waals surface area contributed by atoms with Crippen molar-refractivity contribution in [1.29, 1.82) is 0 Å². The molecule has 0 unspecified atom stereocenters. The summed E-state index contributed by atoms with van der Waals surface area (Å²) in [5.74, 6) is 0.619. The Morgan fingerprint density at radius 3 is 2.86 bits per heavy atom. The van der Waals surface area contributed by atoms with E-state index >= 15 is 0 Å². The predicted molar refractivity (Wildman–Crippen MR) is 143 cm³/mol. The van der Waals surface area contributed by atoms with Gasteiger partial charge in [0, 0.05) is 61.4 Å². The lowest BCUT2D eigenvalue weighted by molar-refractivity contribution is -0.117. The first-order chi connectivity index (χ1) is 16.9. The van der Waals surface area contributed by atoms with Crippen LogP contribution in [0, 0.1) is 6.92 Å². The molecule has 0 aliphatic rings. The molecular weight excluding hydrogens is 462 g/mol. The fourth-order valence-corrected chi connectivity index (χ4v) is 3.51. The van der Waals surface area contributed by atoms with E-state index in [0.717, 1.165) is 33.5 Å². The minimum atomic E-state index is -0.164. The second-order valence-corrected chi connectivity index (χ2v) is 8.53. The van der Waals surface area contributed by atoms with Gasteiger partial charge in [-0.25, -0.2) is 4.98 Å². The molecule has 1 aromatic carbocycles. The number of hydrogen-bond acceptors (Lipinski definition) is 6. The molecule has 8 heteroatoms. The summed E-state index contributed by atoms with van der Waals surface area (Å²) in [4.78, 5) is 25.7. The monoisotopic (exact) mass is 491 g/mol. The van der Waals surface area contributed by atoms with Crippen LogP contribution in [0.15, 0.2) is 71.5 Å². The smallest absolute Gasteiger partial charge is 0.247 e. The Bertz CT molecular complexity index is 1270. The normalized spacial score (nSPS) is 11.7. The number of carbonyl (C=O) groups is 1. The van der Waals surface area contributed by atoms with Gasteiger partial charge in [0.05, 0.1) is 17.1 Å². The van der Waals surface area contributed by atoms with Crippen LogP contribution in [0.5, 0.6) is 0 Å². The first-order valence-corrected chi connectivity index (χ1v) is 11.6. The van der Waals surface area contributed by atoms with E-state index < -0.39 is 0 Å². The number of methoxy groups -OCH3 is 1. The molecule has 3 aromatic rings. The Balaban J connectivity index is 1.50. The molecule has 2 aromatic heterocycles. The van der Waals surface area contributed by atoms with Gasteiger partial charge in [0.2, 0.25) is 5.91 Å². The van der Waals surface area contributed by atoms with Gasteiger partial charge in [0.25, 0.3) is 0 Å². The van der Waals surface area contributed by atoms with Crippen LogP contribution in [0.2, 0.25) is 5.02 Å². The maximum Gasteiger partial charge on any atom is 0.247 e. The molecule has 0 saturated carbocycles. The number of aliphatic imine (C=N–C) groups is 1. The third-order valence-corrected chi connectivity index (χ3v) is 5.51. The van der Waals surface area contributed by atoms with Gasteiger partial charge in [-0.1, -0.05) is 30.3 Å². The second kappa shape index (κ2) is 12.8. The first kappa shape index (κ1) is 26.1. The number of carbonyl (C=O) groups excluding carboxylic acids is 1. The van der Waals surface area contributed by atoms with Crippen molar-refractivity contribution in [3.05, 3.63) is 88.4 Å². The number of rotatable bonds is 11. The van der Waals surface area contributed by atoms with E-state index in [0.29, 0.717) is 42.4 Å². The van der Waals surface area contributed by atoms with Gasteiger partial charge in [-0.15, -0.1) is 0 Å². The number of ether oxygens (including phenoxy) is 1. The second-order valence-electron chi connectivity index (χ2n) is 8.09. The maximum atomic E-state index is 12.5. The highest BCUT2D eigenvalue weighted by Gasteiger charge is 2.07. The Hall–Kier alpha value is -3.55. The minimum Gasteiger partial charge on any atom is -0.383 e. The van der Waals surface area contributed by atoms with Crippen molar-refractivity contribution >= 4 is 40.4 Å². The van der Waals surface area contributed by atoms with E-state index in [9.17, 15) is 4.79 Å². The van der Waals surface area contributed by atoms with Crippen LogP contribution in [0.3, 0.4) is 0 Å². The Kier molecular flexibility index (Phi) is 9.52. The average molecular weight is 492 g/mol. The van der Waals surface area contributed by atoms with Crippen LogP contribution >= 0.6 is 11.6 Å². The molecule has 0 atom stereocenters. The van der Waals surface area contributed by atoms with Crippen molar-refractivity contribution in [3.63, 3.8) is 0 Å². The standard InChI is InChI=1S/C27H30ClN5O2/c1-18(27(34)32-16-22-6-8-26(33-20(22)3)30-11-12-35-4)9-10-29-19(2)13-21-5-7-25-23(14-21)15-24(28)17-31-25/h5-10,14-15,17H,2,11-13,16H2,1,3-4H3,(H,30,33)(H,32,34)/b18-9+,29-10-. The number of fused-ring (bicyclic) bond motifs is 1. The highest BCUT2D eigenvalue weighted by Crippen LogP contribution is 2.19. The van der Waals surface area contributed by atoms with Crippen molar-refractivity contribution < 1.29 is 9.53 Å². The number of hydrogen-bond donors (Lipinski definition) is 2. The van der Waals surface area contributed by atoms with Crippen LogP contribution in [0.25, 0.3) is 10.9 Å². The molecule has 0 radical (unpaired) electrons. The highest BCUT2D eigenvalue weighted by atomic mass is 35.5. The van der Waals surface area contributed by atoms with Crippen LogP contribution in [-0.2, 0) is 22.5 Å². The molecule has 35 heavy (non-hydrogen) atoms. The summed E-state index contributed by atoms with van der Waals surface area (Å²) in [6.45, 7) is 9.38. The summed E-state index contributed by atoms with van der Waals surface area (Å²) in [5, 5.41) is 7.69. The van der Waals surface area contributed by atoms with E-state index in [4.69, 9.17) is 16.3 Å². The number of anilines is 1. The Morgan fingerprint density at radius 1 is 1.26 bits per heavy atom. The van der Waals surface area contributed by atoms with Crippen LogP contribution in [0.4, 0.5) is 5.82 Å². The molecule has 0 bridgehead atoms. The van der Waals surface area contributed by atoms with Gasteiger partial charge >= 0.3 is 0 Å². The van der Waals surface area contributed by atoms with Gasteiger partial charge in [-0.2, -0.15) is 0 Å². The number of aromatic nitrogens is 2. The zero-order valence-corrected chi connectivity index (χ0v) is 21.0. The van der Waals surface area contributed by atoms with E-state index in [1.54, 1.807) is 32.5 Å². The molecule has 0 fully saturated rings. The lowest BCUT2D eigenvalue weighted by Crippen LogP contribution is -2.24. The van der Waals surface area contributed by atoms with Crippen molar-refractivity contribution in [2.45, 2.75) is 26.8 Å². The predicted octanol–water partition coefficient (Wildman–Crippen LogP) is 5.04. The number of nitrogens with one attached hydrogen (secondary N) is 2. The molecule has 2 heterocycles. The maximum absolute atomic E-state index is 12.5. The molecular formula is C27H30ClN5O2. The molecule has 1 amide bonds. The fourth-order valence-electron chi connectivity index (χ4n) is 3.35. The van der Waals surface area contributed by atoms with Gasteiger partial charge in [0.15, 0.2) is 0 Å². The van der Waals surface area contributed by atoms with Crippen molar-refractivity contribution in [2.75, 3.05) is 25.6 Å². The number of aryl methyl sites for hydroxylation is 1. The van der Waals surface area contributed by atoms with Crippen molar-refractivity contribution in [3.8, 4) is 0 Å². The molecule has 0 aliphatic heterocycles. The SMILES string of the molecule is C=C(Cc1ccc2ncc(Cl)cc2c1)/N=C\C=C(/C)C(=O)NCc1ccc(NCCOC)nc1C. The fraction of sp³-hybridized carbons (Fsp3) is 0.259. The van der Waals surface area contributed by atoms with Crippen LogP contribution in [0.1, 0.15) is 23.7 Å². The zero-order valence-electron chi connectivity index (χ0n) is 20.3. The summed E-state index contributed by atoms with van der Waals surface area (Å²) in [6.07, 6.45) is 5.50. The van der Waals surface area contributed by atoms with Crippen LogP contribution < -0.4 is 10.6 Å². The number of halogens is 1. The third kappa shape index (κ3) is 8.02. The number of amides is 1. The average Bonchev–Trinajstić information content (AvgIpc) is 2.83. The van der Waals surface area contributed by atoms with E-state index in [-0.39, 0.29) is 5.91 Å². The molecule has 0 spiro atoms. The number of allylic oxidation sites excluding steroid dienone is 2. The Morgan fingerprint density at radius 2 is 2.09 bits per heavy atom. The molecule has 3 rings (SSSR count). The third-order valence-electron chi connectivity index (χ3n) is 5.31. The minimum absolute atomic E-state index is 0.164. The van der Waals surface area contributed by atoms with E-state index in [2.05, 4.69) is 32.2 Å². The van der Waals surface area contributed by atoms with Gasteiger partial charge in [-0.3, -0.25) is 14.8 Å². The molecule has 2 N–H and O–H groups in total. The largest absolute Gasteiger partial charge is 0.383 e. The summed E-state index contributed by atoms with van der Waals surface area (Å²) >= 11 is 6.04. The Labute approximate surface area is 211 Å². The summed E-state index contributed by atoms with van der Waals surface area (Å²) in [6, 6.07) is 11.7. The van der Waals surface area contributed by atoms with E-state index in [1.807, 2.05) is 43.3 Å². The lowest BCUT2D eigenvalue weighted by Gasteiger charge is -2.10. The topological polar surface area (TPSA) is 88.5 Å². The quantitative estimate of drug-likeness (QED) is 0.223. The molecule has 7 nitrogen and oxygen atoms in total. The van der Waals surface area contributed by atoms with Gasteiger partial charge in [0.1, 0.15) is 5.82 Å². The van der Waals surface area contributed by atoms with Crippen LogP contribution in [-0.4, -0.2) is 42.4 Å². The number of nitrogens with zero attached hydrogens (tertiary/aromatic N) is 3.